The van der Waals surface area contributed by atoms with Gasteiger partial charge in [0.2, 0.25) is 5.91 Å². The van der Waals surface area contributed by atoms with E-state index in [2.05, 4.69) is 29.1 Å². The van der Waals surface area contributed by atoms with Gasteiger partial charge in [-0.25, -0.2) is 4.98 Å². The summed E-state index contributed by atoms with van der Waals surface area (Å²) in [4.78, 5) is 19.1. The van der Waals surface area contributed by atoms with Gasteiger partial charge in [-0.05, 0) is 24.6 Å². The van der Waals surface area contributed by atoms with Gasteiger partial charge in [-0.2, -0.15) is 0 Å². The predicted octanol–water partition coefficient (Wildman–Crippen LogP) is 1.82. The molecule has 19 heavy (non-hydrogen) atoms. The highest BCUT2D eigenvalue weighted by molar-refractivity contribution is 5.79. The average molecular weight is 260 g/mol. The third kappa shape index (κ3) is 2.93. The predicted molar refractivity (Wildman–Crippen MR) is 75.8 cm³/mol. The van der Waals surface area contributed by atoms with E-state index in [1.165, 1.54) is 0 Å². The van der Waals surface area contributed by atoms with Gasteiger partial charge < -0.3 is 16.0 Å². The summed E-state index contributed by atoms with van der Waals surface area (Å²) in [6.07, 6.45) is 0. The van der Waals surface area contributed by atoms with Crippen LogP contribution < -0.4 is 11.1 Å². The maximum absolute atomic E-state index is 11.3. The smallest absolute Gasteiger partial charge is 0.234 e. The Bertz CT molecular complexity index is 588. The van der Waals surface area contributed by atoms with Crippen LogP contribution in [0.3, 0.4) is 0 Å². The van der Waals surface area contributed by atoms with Gasteiger partial charge >= 0.3 is 0 Å². The number of hydrogen-bond acceptors (Lipinski definition) is 3. The number of aromatic nitrogens is 2. The van der Waals surface area contributed by atoms with Crippen molar-refractivity contribution in [3.05, 3.63) is 29.6 Å². The fourth-order valence-electron chi connectivity index (χ4n) is 1.97. The summed E-state index contributed by atoms with van der Waals surface area (Å²) in [7, 11) is 0. The monoisotopic (exact) mass is 260 g/mol. The molecule has 2 rings (SSSR count). The fourth-order valence-corrected chi connectivity index (χ4v) is 1.97. The Kier molecular flexibility index (Phi) is 3.85. The minimum atomic E-state index is -0.153. The molecule has 1 aromatic carbocycles. The number of carbonyl (C=O) groups excluding carboxylic acids is 1. The van der Waals surface area contributed by atoms with Crippen LogP contribution in [0.1, 0.15) is 44.1 Å². The number of benzene rings is 1. The number of amides is 1. The lowest BCUT2D eigenvalue weighted by atomic mass is 10.1. The minimum absolute atomic E-state index is 0.00807. The highest BCUT2D eigenvalue weighted by Gasteiger charge is 2.11. The molecule has 2 aromatic rings. The number of imidazole rings is 1. The van der Waals surface area contributed by atoms with Gasteiger partial charge in [0.15, 0.2) is 0 Å². The molecule has 0 saturated carbocycles. The molecule has 1 aromatic heterocycles. The summed E-state index contributed by atoms with van der Waals surface area (Å²) in [5.74, 6) is 1.19. The Labute approximate surface area is 112 Å². The first-order valence-electron chi connectivity index (χ1n) is 6.50. The largest absolute Gasteiger partial charge is 0.348 e. The molecule has 5 nitrogen and oxygen atoms in total. The number of rotatable bonds is 4. The molecule has 0 radical (unpaired) electrons. The Morgan fingerprint density at radius 2 is 2.16 bits per heavy atom. The molecule has 1 heterocycles. The van der Waals surface area contributed by atoms with E-state index in [0.717, 1.165) is 22.4 Å². The van der Waals surface area contributed by atoms with Crippen LogP contribution in [0.25, 0.3) is 11.0 Å². The second kappa shape index (κ2) is 5.40. The van der Waals surface area contributed by atoms with Gasteiger partial charge in [0.05, 0.1) is 23.6 Å². The van der Waals surface area contributed by atoms with Crippen LogP contribution in [0.5, 0.6) is 0 Å². The van der Waals surface area contributed by atoms with Crippen LogP contribution in [0.15, 0.2) is 18.2 Å². The lowest BCUT2D eigenvalue weighted by Crippen LogP contribution is -2.32. The third-order valence-electron chi connectivity index (χ3n) is 3.13. The number of hydrogen-bond donors (Lipinski definition) is 3. The fraction of sp³-hybridized carbons (Fsp3) is 0.429. The molecular weight excluding hydrogens is 240 g/mol. The molecule has 1 atom stereocenters. The van der Waals surface area contributed by atoms with E-state index >= 15 is 0 Å². The van der Waals surface area contributed by atoms with Crippen LogP contribution in [-0.2, 0) is 4.79 Å². The normalized spacial score (nSPS) is 12.9. The second-order valence-corrected chi connectivity index (χ2v) is 5.05. The molecule has 0 saturated heterocycles. The molecule has 0 spiro atoms. The van der Waals surface area contributed by atoms with Crippen molar-refractivity contribution < 1.29 is 4.79 Å². The topological polar surface area (TPSA) is 83.8 Å². The van der Waals surface area contributed by atoms with Crippen LogP contribution in [0.4, 0.5) is 0 Å². The maximum Gasteiger partial charge on any atom is 0.234 e. The molecule has 0 aliphatic rings. The Balaban J connectivity index is 2.27. The summed E-state index contributed by atoms with van der Waals surface area (Å²) >= 11 is 0. The molecule has 102 valence electrons. The maximum atomic E-state index is 11.3. The summed E-state index contributed by atoms with van der Waals surface area (Å²) < 4.78 is 0. The van der Waals surface area contributed by atoms with E-state index in [1.54, 1.807) is 0 Å². The van der Waals surface area contributed by atoms with Gasteiger partial charge in [-0.3, -0.25) is 4.79 Å². The number of nitrogens with one attached hydrogen (secondary N) is 2. The van der Waals surface area contributed by atoms with Crippen molar-refractivity contribution in [2.24, 2.45) is 5.73 Å². The first-order chi connectivity index (χ1) is 9.01. The summed E-state index contributed by atoms with van der Waals surface area (Å²) in [5.41, 5.74) is 8.28. The molecule has 5 heteroatoms. The number of nitrogens with two attached hydrogens (primary N) is 1. The SMILES string of the molecule is CC(C)c1nc2ccc(C(C)NC(=O)CN)cc2[nH]1. The van der Waals surface area contributed by atoms with Gasteiger partial charge in [0.25, 0.3) is 0 Å². The molecule has 1 amide bonds. The lowest BCUT2D eigenvalue weighted by molar-refractivity contribution is -0.120. The van der Waals surface area contributed by atoms with Crippen molar-refractivity contribution in [3.63, 3.8) is 0 Å². The molecule has 1 unspecified atom stereocenters. The molecule has 0 bridgehead atoms. The van der Waals surface area contributed by atoms with Gasteiger partial charge in [0.1, 0.15) is 5.82 Å². The van der Waals surface area contributed by atoms with E-state index in [4.69, 9.17) is 5.73 Å². The molecule has 0 fully saturated rings. The third-order valence-corrected chi connectivity index (χ3v) is 3.13. The van der Waals surface area contributed by atoms with E-state index in [9.17, 15) is 4.79 Å². The average Bonchev–Trinajstić information content (AvgIpc) is 2.81. The van der Waals surface area contributed by atoms with Crippen molar-refractivity contribution in [1.82, 2.24) is 15.3 Å². The Hall–Kier alpha value is -1.88. The quantitative estimate of drug-likeness (QED) is 0.784. The summed E-state index contributed by atoms with van der Waals surface area (Å²) in [6.45, 7) is 6.15. The molecule has 0 aliphatic heterocycles. The Morgan fingerprint density at radius 3 is 2.79 bits per heavy atom. The number of carbonyl (C=O) groups is 1. The van der Waals surface area contributed by atoms with Crippen molar-refractivity contribution >= 4 is 16.9 Å². The van der Waals surface area contributed by atoms with Crippen LogP contribution >= 0.6 is 0 Å². The lowest BCUT2D eigenvalue weighted by Gasteiger charge is -2.13. The molecule has 0 aliphatic carbocycles. The summed E-state index contributed by atoms with van der Waals surface area (Å²) in [5, 5.41) is 2.84. The zero-order chi connectivity index (χ0) is 14.0. The number of H-pyrrole nitrogens is 1. The van der Waals surface area contributed by atoms with Crippen molar-refractivity contribution in [3.8, 4) is 0 Å². The Morgan fingerprint density at radius 1 is 1.42 bits per heavy atom. The first-order valence-corrected chi connectivity index (χ1v) is 6.50. The standard InChI is InChI=1S/C14H20N4O/c1-8(2)14-17-11-5-4-10(6-12(11)18-14)9(3)16-13(19)7-15/h4-6,8-9H,7,15H2,1-3H3,(H,16,19)(H,17,18). The number of fused-ring (bicyclic) bond motifs is 1. The molecular formula is C14H20N4O. The van der Waals surface area contributed by atoms with E-state index in [-0.39, 0.29) is 18.5 Å². The van der Waals surface area contributed by atoms with Crippen molar-refractivity contribution in [2.75, 3.05) is 6.54 Å². The van der Waals surface area contributed by atoms with Crippen LogP contribution in [0.2, 0.25) is 0 Å². The highest BCUT2D eigenvalue weighted by atomic mass is 16.1. The zero-order valence-electron chi connectivity index (χ0n) is 11.5. The summed E-state index contributed by atoms with van der Waals surface area (Å²) in [6, 6.07) is 5.91. The van der Waals surface area contributed by atoms with Crippen molar-refractivity contribution in [2.45, 2.75) is 32.7 Å². The zero-order valence-corrected chi connectivity index (χ0v) is 11.5. The van der Waals surface area contributed by atoms with Crippen LogP contribution in [-0.4, -0.2) is 22.4 Å². The van der Waals surface area contributed by atoms with Gasteiger partial charge in [-0.1, -0.05) is 19.9 Å². The number of nitrogens with zero attached hydrogens (tertiary/aromatic N) is 1. The first kappa shape index (κ1) is 13.5. The number of aromatic amines is 1. The van der Waals surface area contributed by atoms with Gasteiger partial charge in [-0.15, -0.1) is 0 Å². The van der Waals surface area contributed by atoms with E-state index in [1.807, 2.05) is 25.1 Å². The minimum Gasteiger partial charge on any atom is -0.348 e. The van der Waals surface area contributed by atoms with E-state index in [0.29, 0.717) is 5.92 Å². The van der Waals surface area contributed by atoms with Crippen molar-refractivity contribution in [1.29, 1.82) is 0 Å². The van der Waals surface area contributed by atoms with Gasteiger partial charge in [0, 0.05) is 5.92 Å². The second-order valence-electron chi connectivity index (χ2n) is 5.05. The highest BCUT2D eigenvalue weighted by Crippen LogP contribution is 2.21. The van der Waals surface area contributed by atoms with E-state index < -0.39 is 0 Å². The van der Waals surface area contributed by atoms with Crippen LogP contribution in [0, 0.1) is 0 Å². The molecule has 4 N–H and O–H groups in total.